The molecule has 1 aromatic carbocycles. The predicted molar refractivity (Wildman–Crippen MR) is 88.7 cm³/mol. The molecule has 2 rings (SSSR count). The third kappa shape index (κ3) is 5.54. The second-order valence-electron chi connectivity index (χ2n) is 4.74. The van der Waals surface area contributed by atoms with Gasteiger partial charge in [0.25, 0.3) is 0 Å². The lowest BCUT2D eigenvalue weighted by atomic mass is 10.2. The maximum Gasteiger partial charge on any atom is 0.213 e. The molecule has 0 saturated carbocycles. The zero-order chi connectivity index (χ0) is 15.6. The fraction of sp³-hybridized carbons (Fsp3) is 0.353. The summed E-state index contributed by atoms with van der Waals surface area (Å²) in [4.78, 5) is 4.11. The van der Waals surface area contributed by atoms with Crippen LogP contribution in [0.15, 0.2) is 42.6 Å². The van der Waals surface area contributed by atoms with Gasteiger partial charge in [-0.15, -0.1) is 0 Å². The second-order valence-corrected chi connectivity index (χ2v) is 5.15. The van der Waals surface area contributed by atoms with E-state index in [1.165, 1.54) is 0 Å². The Kier molecular flexibility index (Phi) is 7.00. The molecule has 2 aromatic rings. The molecule has 22 heavy (non-hydrogen) atoms. The van der Waals surface area contributed by atoms with Gasteiger partial charge in [0.15, 0.2) is 0 Å². The zero-order valence-corrected chi connectivity index (χ0v) is 13.5. The van der Waals surface area contributed by atoms with Gasteiger partial charge in [-0.05, 0) is 43.7 Å². The Labute approximate surface area is 136 Å². The van der Waals surface area contributed by atoms with E-state index in [9.17, 15) is 0 Å². The van der Waals surface area contributed by atoms with E-state index >= 15 is 0 Å². The first-order chi connectivity index (χ1) is 10.8. The average Bonchev–Trinajstić information content (AvgIpc) is 2.54. The van der Waals surface area contributed by atoms with E-state index < -0.39 is 0 Å². The van der Waals surface area contributed by atoms with Gasteiger partial charge in [-0.25, -0.2) is 4.98 Å². The number of nitrogens with zero attached hydrogens (tertiary/aromatic N) is 1. The number of hydrogen-bond donors (Lipinski definition) is 1. The van der Waals surface area contributed by atoms with Crippen molar-refractivity contribution in [1.82, 2.24) is 10.3 Å². The monoisotopic (exact) mass is 320 g/mol. The van der Waals surface area contributed by atoms with Crippen LogP contribution in [-0.4, -0.2) is 24.7 Å². The van der Waals surface area contributed by atoms with Crippen molar-refractivity contribution in [1.29, 1.82) is 0 Å². The first-order valence-electron chi connectivity index (χ1n) is 7.45. The van der Waals surface area contributed by atoms with Crippen molar-refractivity contribution in [3.8, 4) is 11.6 Å². The fourth-order valence-electron chi connectivity index (χ4n) is 1.97. The lowest BCUT2D eigenvalue weighted by molar-refractivity contribution is 0.296. The van der Waals surface area contributed by atoms with E-state index in [4.69, 9.17) is 21.1 Å². The quantitative estimate of drug-likeness (QED) is 0.716. The highest BCUT2D eigenvalue weighted by Crippen LogP contribution is 2.25. The van der Waals surface area contributed by atoms with Crippen molar-refractivity contribution in [3.63, 3.8) is 0 Å². The summed E-state index contributed by atoms with van der Waals surface area (Å²) in [7, 11) is 0. The van der Waals surface area contributed by atoms with Crippen LogP contribution in [-0.2, 0) is 6.54 Å². The molecule has 0 aliphatic heterocycles. The van der Waals surface area contributed by atoms with Crippen molar-refractivity contribution in [2.24, 2.45) is 0 Å². The molecule has 1 N–H and O–H groups in total. The second kappa shape index (κ2) is 9.28. The Morgan fingerprint density at radius 2 is 2.09 bits per heavy atom. The van der Waals surface area contributed by atoms with Crippen LogP contribution < -0.4 is 14.8 Å². The van der Waals surface area contributed by atoms with Crippen LogP contribution in [0.4, 0.5) is 0 Å². The minimum atomic E-state index is 0.619. The van der Waals surface area contributed by atoms with Crippen LogP contribution >= 0.6 is 11.6 Å². The van der Waals surface area contributed by atoms with Crippen molar-refractivity contribution in [2.45, 2.75) is 19.9 Å². The number of halogens is 1. The van der Waals surface area contributed by atoms with Crippen molar-refractivity contribution < 1.29 is 9.47 Å². The molecule has 0 fully saturated rings. The van der Waals surface area contributed by atoms with E-state index in [1.807, 2.05) is 43.3 Å². The molecular weight excluding hydrogens is 300 g/mol. The number of pyridine rings is 1. The Morgan fingerprint density at radius 3 is 2.82 bits per heavy atom. The molecule has 0 unspecified atom stereocenters. The number of benzene rings is 1. The van der Waals surface area contributed by atoms with Gasteiger partial charge in [0, 0.05) is 18.8 Å². The van der Waals surface area contributed by atoms with Gasteiger partial charge in [0.05, 0.1) is 18.2 Å². The molecule has 5 heteroatoms. The van der Waals surface area contributed by atoms with E-state index in [1.54, 1.807) is 6.20 Å². The van der Waals surface area contributed by atoms with Crippen LogP contribution in [0.3, 0.4) is 0 Å². The highest BCUT2D eigenvalue weighted by atomic mass is 35.5. The summed E-state index contributed by atoms with van der Waals surface area (Å²) in [5.74, 6) is 1.40. The number of hydrogen-bond acceptors (Lipinski definition) is 4. The molecule has 0 atom stereocenters. The van der Waals surface area contributed by atoms with E-state index in [-0.39, 0.29) is 0 Å². The van der Waals surface area contributed by atoms with Crippen LogP contribution in [0.25, 0.3) is 0 Å². The molecule has 0 saturated heterocycles. The SMILES string of the molecule is CCOc1ccc(CNCCCOc2ccccn2)cc1Cl. The van der Waals surface area contributed by atoms with Gasteiger partial charge in [0.2, 0.25) is 5.88 Å². The molecule has 118 valence electrons. The first-order valence-corrected chi connectivity index (χ1v) is 7.83. The molecule has 0 bridgehead atoms. The van der Waals surface area contributed by atoms with Gasteiger partial charge in [-0.3, -0.25) is 0 Å². The van der Waals surface area contributed by atoms with Crippen LogP contribution in [0.5, 0.6) is 11.6 Å². The van der Waals surface area contributed by atoms with Gasteiger partial charge in [-0.2, -0.15) is 0 Å². The normalized spacial score (nSPS) is 10.5. The topological polar surface area (TPSA) is 43.4 Å². The Hall–Kier alpha value is -1.78. The highest BCUT2D eigenvalue weighted by Gasteiger charge is 2.02. The number of nitrogens with one attached hydrogen (secondary N) is 1. The third-order valence-electron chi connectivity index (χ3n) is 3.01. The van der Waals surface area contributed by atoms with E-state index in [2.05, 4.69) is 10.3 Å². The van der Waals surface area contributed by atoms with Crippen molar-refractivity contribution >= 4 is 11.6 Å². The molecule has 0 aliphatic rings. The smallest absolute Gasteiger partial charge is 0.213 e. The highest BCUT2D eigenvalue weighted by molar-refractivity contribution is 6.32. The first kappa shape index (κ1) is 16.6. The van der Waals surface area contributed by atoms with Crippen molar-refractivity contribution in [3.05, 3.63) is 53.2 Å². The fourth-order valence-corrected chi connectivity index (χ4v) is 2.22. The minimum absolute atomic E-state index is 0.619. The predicted octanol–water partition coefficient (Wildman–Crippen LogP) is 3.69. The van der Waals surface area contributed by atoms with Crippen LogP contribution in [0.1, 0.15) is 18.9 Å². The van der Waals surface area contributed by atoms with Gasteiger partial charge in [-0.1, -0.05) is 23.7 Å². The number of rotatable bonds is 9. The molecule has 0 spiro atoms. The molecule has 0 amide bonds. The maximum absolute atomic E-state index is 6.16. The summed E-state index contributed by atoms with van der Waals surface area (Å²) in [6, 6.07) is 11.5. The molecular formula is C17H21ClN2O2. The van der Waals surface area contributed by atoms with E-state index in [0.717, 1.165) is 30.8 Å². The van der Waals surface area contributed by atoms with Gasteiger partial charge >= 0.3 is 0 Å². The van der Waals surface area contributed by atoms with E-state index in [0.29, 0.717) is 24.1 Å². The Balaban J connectivity index is 1.63. The van der Waals surface area contributed by atoms with Gasteiger partial charge in [0.1, 0.15) is 5.75 Å². The molecule has 0 aliphatic carbocycles. The summed E-state index contributed by atoms with van der Waals surface area (Å²) in [6.45, 7) is 4.86. The molecule has 0 radical (unpaired) electrons. The summed E-state index contributed by atoms with van der Waals surface area (Å²) in [5, 5.41) is 4.02. The van der Waals surface area contributed by atoms with Crippen LogP contribution in [0, 0.1) is 0 Å². The standard InChI is InChI=1S/C17H21ClN2O2/c1-2-21-16-8-7-14(12-15(16)18)13-19-9-5-11-22-17-6-3-4-10-20-17/h3-4,6-8,10,12,19H,2,5,9,11,13H2,1H3. The molecule has 1 heterocycles. The van der Waals surface area contributed by atoms with Crippen molar-refractivity contribution in [2.75, 3.05) is 19.8 Å². The molecule has 1 aromatic heterocycles. The lowest BCUT2D eigenvalue weighted by Crippen LogP contribution is -2.17. The average molecular weight is 321 g/mol. The molecule has 4 nitrogen and oxygen atoms in total. The Morgan fingerprint density at radius 1 is 1.18 bits per heavy atom. The summed E-state index contributed by atoms with van der Waals surface area (Å²) in [5.41, 5.74) is 1.14. The lowest BCUT2D eigenvalue weighted by Gasteiger charge is -2.09. The summed E-state index contributed by atoms with van der Waals surface area (Å²) < 4.78 is 10.9. The minimum Gasteiger partial charge on any atom is -0.492 e. The number of ether oxygens (including phenoxy) is 2. The summed E-state index contributed by atoms with van der Waals surface area (Å²) >= 11 is 6.16. The largest absolute Gasteiger partial charge is 0.492 e. The third-order valence-corrected chi connectivity index (χ3v) is 3.31. The van der Waals surface area contributed by atoms with Crippen LogP contribution in [0.2, 0.25) is 5.02 Å². The number of aromatic nitrogens is 1. The van der Waals surface area contributed by atoms with Gasteiger partial charge < -0.3 is 14.8 Å². The summed E-state index contributed by atoms with van der Waals surface area (Å²) in [6.07, 6.45) is 2.64. The maximum atomic E-state index is 6.16. The Bertz CT molecular complexity index is 564. The zero-order valence-electron chi connectivity index (χ0n) is 12.7.